The van der Waals surface area contributed by atoms with Crippen molar-refractivity contribution in [3.63, 3.8) is 0 Å². The summed E-state index contributed by atoms with van der Waals surface area (Å²) in [5.74, 6) is 0.568. The summed E-state index contributed by atoms with van der Waals surface area (Å²) in [6.07, 6.45) is 6.68. The van der Waals surface area contributed by atoms with Gasteiger partial charge in [-0.05, 0) is 25.8 Å². The Bertz CT molecular complexity index is 519. The van der Waals surface area contributed by atoms with Crippen LogP contribution < -0.4 is 11.3 Å². The van der Waals surface area contributed by atoms with Crippen LogP contribution in [0.1, 0.15) is 38.2 Å². The molecule has 0 spiro atoms. The fraction of sp³-hybridized carbons (Fsp3) is 0.600. The number of halogens is 1. The van der Waals surface area contributed by atoms with Gasteiger partial charge in [-0.3, -0.25) is 4.79 Å². The predicted molar refractivity (Wildman–Crippen MR) is 97.2 cm³/mol. The first-order chi connectivity index (χ1) is 9.72. The summed E-state index contributed by atoms with van der Waals surface area (Å²) >= 11 is 0. The van der Waals surface area contributed by atoms with Crippen LogP contribution in [0.5, 0.6) is 0 Å². The van der Waals surface area contributed by atoms with Crippen LogP contribution >= 0.6 is 24.0 Å². The van der Waals surface area contributed by atoms with Crippen LogP contribution in [0.25, 0.3) is 0 Å². The summed E-state index contributed by atoms with van der Waals surface area (Å²) in [7, 11) is 0. The molecule has 0 atom stereocenters. The number of aryl methyl sites for hydroxylation is 1. The summed E-state index contributed by atoms with van der Waals surface area (Å²) in [4.78, 5) is 18.6. The number of likely N-dealkylation sites (tertiary alicyclic amines) is 1. The number of nitrogens with zero attached hydrogens (tertiary/aromatic N) is 3. The van der Waals surface area contributed by atoms with E-state index in [1.807, 2.05) is 19.1 Å². The van der Waals surface area contributed by atoms with Crippen molar-refractivity contribution < 1.29 is 0 Å². The third kappa shape index (κ3) is 5.01. The Balaban J connectivity index is 0.00000220. The molecule has 1 fully saturated rings. The van der Waals surface area contributed by atoms with Crippen molar-refractivity contribution >= 4 is 29.9 Å². The summed E-state index contributed by atoms with van der Waals surface area (Å²) < 4.78 is 1.69. The molecule has 118 valence electrons. The van der Waals surface area contributed by atoms with Crippen molar-refractivity contribution in [2.45, 2.75) is 45.7 Å². The highest BCUT2D eigenvalue weighted by atomic mass is 127. The van der Waals surface area contributed by atoms with E-state index >= 15 is 0 Å². The van der Waals surface area contributed by atoms with E-state index in [2.05, 4.69) is 9.89 Å². The third-order valence-electron chi connectivity index (χ3n) is 3.78. The topological polar surface area (TPSA) is 63.6 Å². The van der Waals surface area contributed by atoms with Crippen LogP contribution in [-0.4, -0.2) is 28.5 Å². The van der Waals surface area contributed by atoms with Gasteiger partial charge in [-0.15, -0.1) is 24.0 Å². The maximum Gasteiger partial charge on any atom is 0.255 e. The third-order valence-corrected chi connectivity index (χ3v) is 3.78. The lowest BCUT2D eigenvalue weighted by Crippen LogP contribution is -2.38. The maximum absolute atomic E-state index is 12.1. The lowest BCUT2D eigenvalue weighted by atomic mass is 10.2. The van der Waals surface area contributed by atoms with E-state index in [9.17, 15) is 4.79 Å². The summed E-state index contributed by atoms with van der Waals surface area (Å²) in [6, 6.07) is 3.71. The lowest BCUT2D eigenvalue weighted by molar-refractivity contribution is 0.428. The standard InChI is InChI=1S/C15H24N4O.HI/c1-2-18-11-7-8-13(14(18)20)12-17-15(16)19-9-5-3-4-6-10-19;/h7-8,11H,2-6,9-10,12H2,1H3,(H2,16,17);1H. The van der Waals surface area contributed by atoms with Crippen LogP contribution in [0.15, 0.2) is 28.1 Å². The average molecular weight is 404 g/mol. The minimum absolute atomic E-state index is 0. The Morgan fingerprint density at radius 1 is 1.29 bits per heavy atom. The molecule has 0 amide bonds. The van der Waals surface area contributed by atoms with Crippen LogP contribution in [0, 0.1) is 0 Å². The number of nitrogens with two attached hydrogens (primary N) is 1. The molecule has 6 heteroatoms. The van der Waals surface area contributed by atoms with Crippen molar-refractivity contribution in [3.05, 3.63) is 34.2 Å². The zero-order valence-electron chi connectivity index (χ0n) is 12.6. The molecule has 0 radical (unpaired) electrons. The highest BCUT2D eigenvalue weighted by molar-refractivity contribution is 14.0. The Hall–Kier alpha value is -1.05. The average Bonchev–Trinajstić information content (AvgIpc) is 2.75. The van der Waals surface area contributed by atoms with Crippen molar-refractivity contribution in [3.8, 4) is 0 Å². The van der Waals surface area contributed by atoms with Crippen molar-refractivity contribution in [2.24, 2.45) is 10.7 Å². The van der Waals surface area contributed by atoms with Crippen LogP contribution in [0.2, 0.25) is 0 Å². The van der Waals surface area contributed by atoms with E-state index in [1.165, 1.54) is 25.7 Å². The molecule has 21 heavy (non-hydrogen) atoms. The van der Waals surface area contributed by atoms with E-state index in [0.29, 0.717) is 24.6 Å². The molecule has 5 nitrogen and oxygen atoms in total. The second-order valence-corrected chi connectivity index (χ2v) is 5.20. The molecule has 2 N–H and O–H groups in total. The Kier molecular flexibility index (Phi) is 7.77. The van der Waals surface area contributed by atoms with Gasteiger partial charge in [-0.1, -0.05) is 18.9 Å². The molecular formula is C15H25IN4O. The van der Waals surface area contributed by atoms with Gasteiger partial charge in [0.2, 0.25) is 0 Å². The van der Waals surface area contributed by atoms with E-state index in [-0.39, 0.29) is 29.5 Å². The zero-order chi connectivity index (χ0) is 14.4. The number of hydrogen-bond donors (Lipinski definition) is 1. The summed E-state index contributed by atoms with van der Waals surface area (Å²) in [5.41, 5.74) is 6.78. The van der Waals surface area contributed by atoms with E-state index in [1.54, 1.807) is 10.8 Å². The molecule has 1 aliphatic heterocycles. The van der Waals surface area contributed by atoms with Crippen molar-refractivity contribution in [1.29, 1.82) is 0 Å². The van der Waals surface area contributed by atoms with Gasteiger partial charge >= 0.3 is 0 Å². The number of hydrogen-bond acceptors (Lipinski definition) is 2. The Labute approximate surface area is 143 Å². The van der Waals surface area contributed by atoms with Gasteiger partial charge in [-0.25, -0.2) is 4.99 Å². The number of rotatable bonds is 3. The number of guanidine groups is 1. The molecule has 1 saturated heterocycles. The predicted octanol–water partition coefficient (Wildman–Crippen LogP) is 2.18. The highest BCUT2D eigenvalue weighted by Gasteiger charge is 2.11. The molecule has 0 saturated carbocycles. The molecule has 2 heterocycles. The normalized spacial score (nSPS) is 16.2. The van der Waals surface area contributed by atoms with Gasteiger partial charge < -0.3 is 15.2 Å². The van der Waals surface area contributed by atoms with E-state index in [0.717, 1.165) is 13.1 Å². The molecule has 0 aliphatic carbocycles. The minimum atomic E-state index is 0. The Morgan fingerprint density at radius 2 is 1.95 bits per heavy atom. The minimum Gasteiger partial charge on any atom is -0.370 e. The van der Waals surface area contributed by atoms with Gasteiger partial charge in [0.1, 0.15) is 0 Å². The van der Waals surface area contributed by atoms with Gasteiger partial charge in [0.25, 0.3) is 5.56 Å². The molecular weight excluding hydrogens is 379 g/mol. The van der Waals surface area contributed by atoms with Gasteiger partial charge in [0, 0.05) is 31.4 Å². The quantitative estimate of drug-likeness (QED) is 0.477. The van der Waals surface area contributed by atoms with E-state index in [4.69, 9.17) is 5.73 Å². The fourth-order valence-corrected chi connectivity index (χ4v) is 2.52. The summed E-state index contributed by atoms with van der Waals surface area (Å²) in [6.45, 7) is 4.95. The van der Waals surface area contributed by atoms with Crippen LogP contribution in [0.4, 0.5) is 0 Å². The number of aromatic nitrogens is 1. The maximum atomic E-state index is 12.1. The van der Waals surface area contributed by atoms with Crippen LogP contribution in [-0.2, 0) is 13.1 Å². The molecule has 1 aliphatic rings. The molecule has 0 unspecified atom stereocenters. The highest BCUT2D eigenvalue weighted by Crippen LogP contribution is 2.09. The first kappa shape index (κ1) is 18.0. The molecule has 1 aromatic rings. The van der Waals surface area contributed by atoms with Crippen molar-refractivity contribution in [1.82, 2.24) is 9.47 Å². The zero-order valence-corrected chi connectivity index (χ0v) is 15.0. The Morgan fingerprint density at radius 3 is 2.57 bits per heavy atom. The monoisotopic (exact) mass is 404 g/mol. The van der Waals surface area contributed by atoms with Gasteiger partial charge in [-0.2, -0.15) is 0 Å². The largest absolute Gasteiger partial charge is 0.370 e. The van der Waals surface area contributed by atoms with E-state index < -0.39 is 0 Å². The van der Waals surface area contributed by atoms with Gasteiger partial charge in [0.05, 0.1) is 6.54 Å². The van der Waals surface area contributed by atoms with Gasteiger partial charge in [0.15, 0.2) is 5.96 Å². The van der Waals surface area contributed by atoms with Crippen molar-refractivity contribution in [2.75, 3.05) is 13.1 Å². The van der Waals surface area contributed by atoms with Crippen LogP contribution in [0.3, 0.4) is 0 Å². The first-order valence-electron chi connectivity index (χ1n) is 7.45. The SMILES string of the molecule is CCn1cccc(CN=C(N)N2CCCCCC2)c1=O.I. The number of pyridine rings is 1. The number of aliphatic imine (C=N–C) groups is 1. The molecule has 0 bridgehead atoms. The summed E-state index contributed by atoms with van der Waals surface area (Å²) in [5, 5.41) is 0. The molecule has 1 aromatic heterocycles. The molecule has 2 rings (SSSR count). The first-order valence-corrected chi connectivity index (χ1v) is 7.45. The second kappa shape index (κ2) is 9.07. The lowest BCUT2D eigenvalue weighted by Gasteiger charge is -2.21. The molecule has 0 aromatic carbocycles. The second-order valence-electron chi connectivity index (χ2n) is 5.20. The fourth-order valence-electron chi connectivity index (χ4n) is 2.52. The smallest absolute Gasteiger partial charge is 0.255 e.